The Morgan fingerprint density at radius 1 is 1.12 bits per heavy atom. The number of carbonyl (C=O) groups excluding carboxylic acids is 1. The van der Waals surface area contributed by atoms with Crippen LogP contribution >= 0.6 is 0 Å². The van der Waals surface area contributed by atoms with Crippen LogP contribution in [0.15, 0.2) is 48.5 Å². The first-order valence-electron chi connectivity index (χ1n) is 7.72. The second-order valence-corrected chi connectivity index (χ2v) is 5.71. The summed E-state index contributed by atoms with van der Waals surface area (Å²) >= 11 is 0. The standard InChI is InChI=1S/C19H15F3N2O2/c1-11-16(9-12-8-15(26-2)6-7-17(12)23-11)18(25)24-14-5-3-4-13(10-14)19(20,21)22/h3-10H,1-2H3,(H,24,25). The van der Waals surface area contributed by atoms with Crippen LogP contribution in [0.5, 0.6) is 5.75 Å². The Labute approximate surface area is 147 Å². The van der Waals surface area contributed by atoms with Crippen LogP contribution in [0.4, 0.5) is 18.9 Å². The van der Waals surface area contributed by atoms with Gasteiger partial charge in [0.2, 0.25) is 0 Å². The fourth-order valence-electron chi connectivity index (χ4n) is 2.58. The van der Waals surface area contributed by atoms with Gasteiger partial charge in [-0.1, -0.05) is 6.07 Å². The Hall–Kier alpha value is -3.09. The average molecular weight is 360 g/mol. The number of ether oxygens (including phenoxy) is 1. The topological polar surface area (TPSA) is 51.2 Å². The van der Waals surface area contributed by atoms with Crippen molar-refractivity contribution in [3.63, 3.8) is 0 Å². The summed E-state index contributed by atoms with van der Waals surface area (Å²) in [5.41, 5.74) is 0.692. The zero-order chi connectivity index (χ0) is 18.9. The summed E-state index contributed by atoms with van der Waals surface area (Å²) in [7, 11) is 1.53. The third-order valence-corrected chi connectivity index (χ3v) is 3.90. The Morgan fingerprint density at radius 2 is 1.88 bits per heavy atom. The van der Waals surface area contributed by atoms with Crippen LogP contribution in [0.1, 0.15) is 21.6 Å². The van der Waals surface area contributed by atoms with Gasteiger partial charge < -0.3 is 10.1 Å². The molecule has 1 amide bonds. The van der Waals surface area contributed by atoms with Crippen LogP contribution in [-0.4, -0.2) is 18.0 Å². The molecule has 0 bridgehead atoms. The molecule has 26 heavy (non-hydrogen) atoms. The van der Waals surface area contributed by atoms with Crippen LogP contribution < -0.4 is 10.1 Å². The van der Waals surface area contributed by atoms with Crippen molar-refractivity contribution >= 4 is 22.5 Å². The number of halogens is 3. The van der Waals surface area contributed by atoms with Crippen molar-refractivity contribution in [3.8, 4) is 5.75 Å². The molecule has 0 aliphatic carbocycles. The molecule has 3 rings (SSSR count). The van der Waals surface area contributed by atoms with Crippen molar-refractivity contribution in [2.24, 2.45) is 0 Å². The van der Waals surface area contributed by atoms with Gasteiger partial charge in [-0.25, -0.2) is 0 Å². The average Bonchev–Trinajstić information content (AvgIpc) is 2.60. The van der Waals surface area contributed by atoms with Gasteiger partial charge in [-0.15, -0.1) is 0 Å². The predicted octanol–water partition coefficient (Wildman–Crippen LogP) is 4.82. The van der Waals surface area contributed by atoms with E-state index in [1.54, 1.807) is 31.2 Å². The van der Waals surface area contributed by atoms with E-state index in [1.807, 2.05) is 0 Å². The number of anilines is 1. The monoisotopic (exact) mass is 360 g/mol. The Balaban J connectivity index is 1.93. The van der Waals surface area contributed by atoms with Crippen LogP contribution in [0.2, 0.25) is 0 Å². The fourth-order valence-corrected chi connectivity index (χ4v) is 2.58. The summed E-state index contributed by atoms with van der Waals surface area (Å²) in [5.74, 6) is 0.0893. The SMILES string of the molecule is COc1ccc2nc(C)c(C(=O)Nc3cccc(C(F)(F)F)c3)cc2c1. The third-order valence-electron chi connectivity index (χ3n) is 3.90. The fraction of sp³-hybridized carbons (Fsp3) is 0.158. The van der Waals surface area contributed by atoms with E-state index in [2.05, 4.69) is 10.3 Å². The van der Waals surface area contributed by atoms with E-state index >= 15 is 0 Å². The number of alkyl halides is 3. The Bertz CT molecular complexity index is 984. The van der Waals surface area contributed by atoms with Gasteiger partial charge in [-0.05, 0) is 49.4 Å². The maximum absolute atomic E-state index is 12.8. The van der Waals surface area contributed by atoms with Gasteiger partial charge in [0, 0.05) is 11.1 Å². The molecule has 1 aromatic heterocycles. The van der Waals surface area contributed by atoms with Gasteiger partial charge in [0.05, 0.1) is 29.4 Å². The number of nitrogens with one attached hydrogen (secondary N) is 1. The van der Waals surface area contributed by atoms with Gasteiger partial charge in [-0.3, -0.25) is 9.78 Å². The number of benzene rings is 2. The van der Waals surface area contributed by atoms with E-state index in [0.29, 0.717) is 22.3 Å². The van der Waals surface area contributed by atoms with Crippen molar-refractivity contribution in [2.75, 3.05) is 12.4 Å². The number of nitrogens with zero attached hydrogens (tertiary/aromatic N) is 1. The van der Waals surface area contributed by atoms with Gasteiger partial charge >= 0.3 is 6.18 Å². The van der Waals surface area contributed by atoms with Gasteiger partial charge in [0.25, 0.3) is 5.91 Å². The number of fused-ring (bicyclic) bond motifs is 1. The molecular weight excluding hydrogens is 345 g/mol. The molecule has 1 heterocycles. The van der Waals surface area contributed by atoms with E-state index in [-0.39, 0.29) is 11.3 Å². The molecule has 0 fully saturated rings. The van der Waals surface area contributed by atoms with Gasteiger partial charge in [0.1, 0.15) is 5.75 Å². The van der Waals surface area contributed by atoms with E-state index in [9.17, 15) is 18.0 Å². The zero-order valence-electron chi connectivity index (χ0n) is 14.0. The molecule has 0 aliphatic rings. The van der Waals surface area contributed by atoms with Crippen molar-refractivity contribution in [1.29, 1.82) is 0 Å². The molecule has 0 radical (unpaired) electrons. The zero-order valence-corrected chi connectivity index (χ0v) is 14.0. The van der Waals surface area contributed by atoms with Crippen molar-refractivity contribution < 1.29 is 22.7 Å². The summed E-state index contributed by atoms with van der Waals surface area (Å²) in [4.78, 5) is 16.9. The summed E-state index contributed by atoms with van der Waals surface area (Å²) < 4.78 is 43.6. The maximum Gasteiger partial charge on any atom is 0.416 e. The minimum atomic E-state index is -4.47. The number of hydrogen-bond acceptors (Lipinski definition) is 3. The number of aromatic nitrogens is 1. The number of pyridine rings is 1. The van der Waals surface area contributed by atoms with Crippen LogP contribution in [-0.2, 0) is 6.18 Å². The number of aryl methyl sites for hydroxylation is 1. The van der Waals surface area contributed by atoms with E-state index in [1.165, 1.54) is 19.2 Å². The number of methoxy groups -OCH3 is 1. The van der Waals surface area contributed by atoms with Crippen LogP contribution in [0.25, 0.3) is 10.9 Å². The third kappa shape index (κ3) is 3.61. The number of amides is 1. The summed E-state index contributed by atoms with van der Waals surface area (Å²) in [5, 5.41) is 3.19. The first kappa shape index (κ1) is 17.7. The summed E-state index contributed by atoms with van der Waals surface area (Å²) in [6.45, 7) is 1.67. The first-order chi connectivity index (χ1) is 12.3. The Morgan fingerprint density at radius 3 is 2.58 bits per heavy atom. The second-order valence-electron chi connectivity index (χ2n) is 5.71. The first-order valence-corrected chi connectivity index (χ1v) is 7.72. The lowest BCUT2D eigenvalue weighted by Gasteiger charge is -2.11. The van der Waals surface area contributed by atoms with E-state index < -0.39 is 17.6 Å². The second kappa shape index (κ2) is 6.67. The smallest absolute Gasteiger partial charge is 0.416 e. The van der Waals surface area contributed by atoms with Crippen molar-refractivity contribution in [3.05, 3.63) is 65.4 Å². The highest BCUT2D eigenvalue weighted by Gasteiger charge is 2.30. The van der Waals surface area contributed by atoms with Crippen LogP contribution in [0.3, 0.4) is 0 Å². The quantitative estimate of drug-likeness (QED) is 0.728. The lowest BCUT2D eigenvalue weighted by molar-refractivity contribution is -0.137. The molecule has 0 saturated heterocycles. The largest absolute Gasteiger partial charge is 0.497 e. The molecular formula is C19H15F3N2O2. The molecule has 0 saturated carbocycles. The molecule has 3 aromatic rings. The predicted molar refractivity (Wildman–Crippen MR) is 92.4 cm³/mol. The molecule has 1 N–H and O–H groups in total. The molecule has 7 heteroatoms. The normalized spacial score (nSPS) is 11.4. The number of carbonyl (C=O) groups is 1. The molecule has 4 nitrogen and oxygen atoms in total. The van der Waals surface area contributed by atoms with Gasteiger partial charge in [0.15, 0.2) is 0 Å². The molecule has 134 valence electrons. The lowest BCUT2D eigenvalue weighted by Crippen LogP contribution is -2.15. The molecule has 0 aliphatic heterocycles. The molecule has 0 atom stereocenters. The van der Waals surface area contributed by atoms with Crippen LogP contribution in [0, 0.1) is 6.92 Å². The minimum Gasteiger partial charge on any atom is -0.497 e. The highest BCUT2D eigenvalue weighted by molar-refractivity contribution is 6.06. The molecule has 2 aromatic carbocycles. The van der Waals surface area contributed by atoms with Crippen molar-refractivity contribution in [1.82, 2.24) is 4.98 Å². The van der Waals surface area contributed by atoms with E-state index in [0.717, 1.165) is 12.1 Å². The number of hydrogen-bond donors (Lipinski definition) is 1. The highest BCUT2D eigenvalue weighted by atomic mass is 19.4. The van der Waals surface area contributed by atoms with Gasteiger partial charge in [-0.2, -0.15) is 13.2 Å². The highest BCUT2D eigenvalue weighted by Crippen LogP contribution is 2.31. The summed E-state index contributed by atoms with van der Waals surface area (Å²) in [6, 6.07) is 11.4. The van der Waals surface area contributed by atoms with E-state index in [4.69, 9.17) is 4.74 Å². The lowest BCUT2D eigenvalue weighted by atomic mass is 10.1. The number of rotatable bonds is 3. The molecule has 0 spiro atoms. The maximum atomic E-state index is 12.8. The van der Waals surface area contributed by atoms with Crippen molar-refractivity contribution in [2.45, 2.75) is 13.1 Å². The minimum absolute atomic E-state index is 0.0648. The Kier molecular flexibility index (Phi) is 4.54. The molecule has 0 unspecified atom stereocenters. The summed E-state index contributed by atoms with van der Waals surface area (Å²) in [6.07, 6.45) is -4.47.